The van der Waals surface area contributed by atoms with Crippen molar-refractivity contribution in [2.45, 2.75) is 33.1 Å². The zero-order valence-corrected chi connectivity index (χ0v) is 13.8. The number of piperidine rings is 1. The van der Waals surface area contributed by atoms with Crippen molar-refractivity contribution in [1.29, 1.82) is 0 Å². The molecule has 1 saturated heterocycles. The van der Waals surface area contributed by atoms with Crippen LogP contribution in [0.25, 0.3) is 0 Å². The first-order valence-electron chi connectivity index (χ1n) is 8.22. The van der Waals surface area contributed by atoms with Crippen LogP contribution in [0.2, 0.25) is 0 Å². The highest BCUT2D eigenvalue weighted by atomic mass is 16.1. The van der Waals surface area contributed by atoms with Crippen molar-refractivity contribution in [3.8, 4) is 0 Å². The number of nitrogens with zero attached hydrogens (tertiary/aromatic N) is 2. The molecule has 1 N–H and O–H groups in total. The summed E-state index contributed by atoms with van der Waals surface area (Å²) in [4.78, 5) is 19.1. The van der Waals surface area contributed by atoms with Gasteiger partial charge in [-0.15, -0.1) is 0 Å². The molecule has 23 heavy (non-hydrogen) atoms. The van der Waals surface area contributed by atoms with E-state index in [1.54, 1.807) is 6.20 Å². The first-order chi connectivity index (χ1) is 11.1. The number of aromatic nitrogens is 1. The number of carbonyl (C=O) groups excluding carboxylic acids is 1. The van der Waals surface area contributed by atoms with E-state index >= 15 is 0 Å². The number of hydrogen-bond donors (Lipinski definition) is 1. The first-order valence-corrected chi connectivity index (χ1v) is 8.22. The molecule has 0 aliphatic carbocycles. The molecule has 4 nitrogen and oxygen atoms in total. The van der Waals surface area contributed by atoms with Crippen LogP contribution in [0.15, 0.2) is 36.7 Å². The maximum atomic E-state index is 12.5. The molecule has 0 bridgehead atoms. The van der Waals surface area contributed by atoms with Crippen molar-refractivity contribution in [1.82, 2.24) is 4.98 Å². The molecule has 0 unspecified atom stereocenters. The van der Waals surface area contributed by atoms with E-state index in [-0.39, 0.29) is 5.91 Å². The molecule has 0 saturated carbocycles. The average Bonchev–Trinajstić information content (AvgIpc) is 2.59. The second kappa shape index (κ2) is 6.82. The fraction of sp³-hybridized carbons (Fsp3) is 0.368. The summed E-state index contributed by atoms with van der Waals surface area (Å²) in [6.07, 6.45) is 7.18. The minimum atomic E-state index is -0.106. The highest BCUT2D eigenvalue weighted by molar-refractivity contribution is 6.05. The predicted molar refractivity (Wildman–Crippen MR) is 94.2 cm³/mol. The Bertz CT molecular complexity index is 706. The molecule has 3 rings (SSSR count). The number of aryl methyl sites for hydroxylation is 2. The Morgan fingerprint density at radius 3 is 2.65 bits per heavy atom. The maximum absolute atomic E-state index is 12.5. The van der Waals surface area contributed by atoms with Gasteiger partial charge >= 0.3 is 0 Å². The Morgan fingerprint density at radius 2 is 1.87 bits per heavy atom. The van der Waals surface area contributed by atoms with E-state index in [2.05, 4.69) is 15.2 Å². The molecule has 1 aliphatic heterocycles. The van der Waals surface area contributed by atoms with Crippen molar-refractivity contribution in [2.75, 3.05) is 23.3 Å². The highest BCUT2D eigenvalue weighted by Gasteiger charge is 2.14. The third-order valence-corrected chi connectivity index (χ3v) is 4.35. The van der Waals surface area contributed by atoms with E-state index in [0.717, 1.165) is 35.6 Å². The lowest BCUT2D eigenvalue weighted by atomic mass is 10.1. The van der Waals surface area contributed by atoms with Gasteiger partial charge in [0, 0.05) is 25.0 Å². The summed E-state index contributed by atoms with van der Waals surface area (Å²) in [5, 5.41) is 3.00. The van der Waals surface area contributed by atoms with Crippen molar-refractivity contribution in [3.05, 3.63) is 53.3 Å². The number of pyridine rings is 1. The topological polar surface area (TPSA) is 45.2 Å². The molecule has 1 amide bonds. The maximum Gasteiger partial charge on any atom is 0.257 e. The van der Waals surface area contributed by atoms with Gasteiger partial charge in [-0.3, -0.25) is 9.78 Å². The van der Waals surface area contributed by atoms with Crippen molar-refractivity contribution in [3.63, 3.8) is 0 Å². The molecule has 0 spiro atoms. The summed E-state index contributed by atoms with van der Waals surface area (Å²) in [5.41, 5.74) is 4.70. The minimum absolute atomic E-state index is 0.106. The lowest BCUT2D eigenvalue weighted by Gasteiger charge is -2.28. The number of amides is 1. The quantitative estimate of drug-likeness (QED) is 0.934. The van der Waals surface area contributed by atoms with Crippen LogP contribution in [0.4, 0.5) is 11.4 Å². The van der Waals surface area contributed by atoms with Crippen LogP contribution in [0.1, 0.15) is 40.7 Å². The third-order valence-electron chi connectivity index (χ3n) is 4.35. The molecule has 1 aromatic carbocycles. The highest BCUT2D eigenvalue weighted by Crippen LogP contribution is 2.21. The Labute approximate surface area is 137 Å². The van der Waals surface area contributed by atoms with Gasteiger partial charge in [0.1, 0.15) is 0 Å². The summed E-state index contributed by atoms with van der Waals surface area (Å²) < 4.78 is 0. The fourth-order valence-corrected chi connectivity index (χ4v) is 2.94. The molecule has 0 atom stereocenters. The Hall–Kier alpha value is -2.36. The number of carbonyl (C=O) groups is 1. The van der Waals surface area contributed by atoms with E-state index in [9.17, 15) is 4.79 Å². The van der Waals surface area contributed by atoms with Crippen LogP contribution >= 0.6 is 0 Å². The van der Waals surface area contributed by atoms with Crippen molar-refractivity contribution in [2.24, 2.45) is 0 Å². The van der Waals surface area contributed by atoms with Gasteiger partial charge < -0.3 is 10.2 Å². The van der Waals surface area contributed by atoms with Gasteiger partial charge in [0.15, 0.2) is 0 Å². The lowest BCUT2D eigenvalue weighted by molar-refractivity contribution is 0.102. The predicted octanol–water partition coefficient (Wildman–Crippen LogP) is 3.94. The smallest absolute Gasteiger partial charge is 0.257 e. The SMILES string of the molecule is Cc1ccc(C)c(NC(=O)c2cncc(N3CCCCC3)c2)c1. The number of nitrogens with one attached hydrogen (secondary N) is 1. The monoisotopic (exact) mass is 309 g/mol. The van der Waals surface area contributed by atoms with E-state index in [1.165, 1.54) is 19.3 Å². The molecular weight excluding hydrogens is 286 g/mol. The van der Waals surface area contributed by atoms with E-state index in [0.29, 0.717) is 5.56 Å². The second-order valence-electron chi connectivity index (χ2n) is 6.25. The second-order valence-corrected chi connectivity index (χ2v) is 6.25. The molecule has 0 radical (unpaired) electrons. The number of anilines is 2. The van der Waals surface area contributed by atoms with Crippen LogP contribution in [0, 0.1) is 13.8 Å². The summed E-state index contributed by atoms with van der Waals surface area (Å²) in [6.45, 7) is 6.11. The summed E-state index contributed by atoms with van der Waals surface area (Å²) in [5.74, 6) is -0.106. The van der Waals surface area contributed by atoms with Gasteiger partial charge in [0.05, 0.1) is 17.4 Å². The van der Waals surface area contributed by atoms with Crippen LogP contribution < -0.4 is 10.2 Å². The zero-order valence-electron chi connectivity index (χ0n) is 13.8. The third kappa shape index (κ3) is 3.70. The minimum Gasteiger partial charge on any atom is -0.370 e. The largest absolute Gasteiger partial charge is 0.370 e. The summed E-state index contributed by atoms with van der Waals surface area (Å²) >= 11 is 0. The van der Waals surface area contributed by atoms with E-state index in [1.807, 2.05) is 44.3 Å². The van der Waals surface area contributed by atoms with Crippen molar-refractivity contribution >= 4 is 17.3 Å². The fourth-order valence-electron chi connectivity index (χ4n) is 2.94. The average molecular weight is 309 g/mol. The van der Waals surface area contributed by atoms with E-state index < -0.39 is 0 Å². The van der Waals surface area contributed by atoms with Crippen LogP contribution in [-0.2, 0) is 0 Å². The molecule has 1 aromatic heterocycles. The van der Waals surface area contributed by atoms with Gasteiger partial charge in [-0.05, 0) is 56.4 Å². The van der Waals surface area contributed by atoms with Crippen LogP contribution in [0.5, 0.6) is 0 Å². The molecule has 2 heterocycles. The van der Waals surface area contributed by atoms with Crippen LogP contribution in [0.3, 0.4) is 0 Å². The Kier molecular flexibility index (Phi) is 4.60. The molecular formula is C19H23N3O. The normalized spacial score (nSPS) is 14.6. The first kappa shape index (κ1) is 15.5. The van der Waals surface area contributed by atoms with Crippen LogP contribution in [-0.4, -0.2) is 24.0 Å². The standard InChI is InChI=1S/C19H23N3O/c1-14-6-7-15(2)18(10-14)21-19(23)16-11-17(13-20-12-16)22-8-4-3-5-9-22/h6-7,10-13H,3-5,8-9H2,1-2H3,(H,21,23). The molecule has 1 aliphatic rings. The van der Waals surface area contributed by atoms with E-state index in [4.69, 9.17) is 0 Å². The summed E-state index contributed by atoms with van der Waals surface area (Å²) in [6, 6.07) is 8.00. The molecule has 4 heteroatoms. The Balaban J connectivity index is 1.78. The molecule has 120 valence electrons. The van der Waals surface area contributed by atoms with Crippen molar-refractivity contribution < 1.29 is 4.79 Å². The van der Waals surface area contributed by atoms with Gasteiger partial charge in [0.25, 0.3) is 5.91 Å². The van der Waals surface area contributed by atoms with Gasteiger partial charge in [0.2, 0.25) is 0 Å². The van der Waals surface area contributed by atoms with Gasteiger partial charge in [-0.25, -0.2) is 0 Å². The van der Waals surface area contributed by atoms with Gasteiger partial charge in [-0.1, -0.05) is 12.1 Å². The zero-order chi connectivity index (χ0) is 16.2. The number of rotatable bonds is 3. The number of benzene rings is 1. The Morgan fingerprint density at radius 1 is 1.09 bits per heavy atom. The van der Waals surface area contributed by atoms with Gasteiger partial charge in [-0.2, -0.15) is 0 Å². The molecule has 1 fully saturated rings. The molecule has 2 aromatic rings. The number of hydrogen-bond acceptors (Lipinski definition) is 3. The summed E-state index contributed by atoms with van der Waals surface area (Å²) in [7, 11) is 0. The lowest BCUT2D eigenvalue weighted by Crippen LogP contribution is -2.29.